The van der Waals surface area contributed by atoms with Crippen LogP contribution in [0.2, 0.25) is 0 Å². The zero-order chi connectivity index (χ0) is 31.1. The molecule has 10 atom stereocenters. The molecule has 234 valence electrons. The van der Waals surface area contributed by atoms with Gasteiger partial charge in [-0.05, 0) is 33.1 Å². The molecule has 0 aliphatic carbocycles. The smallest absolute Gasteiger partial charge is 0.331 e. The summed E-state index contributed by atoms with van der Waals surface area (Å²) in [6.07, 6.45) is -6.32. The molecule has 0 aromatic carbocycles. The van der Waals surface area contributed by atoms with Crippen LogP contribution < -0.4 is 0 Å². The Kier molecular flexibility index (Phi) is 12.4. The molecule has 0 saturated carbocycles. The van der Waals surface area contributed by atoms with Crippen LogP contribution in [0, 0.1) is 5.92 Å². The van der Waals surface area contributed by atoms with Gasteiger partial charge in [0, 0.05) is 12.0 Å². The van der Waals surface area contributed by atoms with E-state index in [2.05, 4.69) is 0 Å². The van der Waals surface area contributed by atoms with Gasteiger partial charge in [0.15, 0.2) is 6.29 Å². The third-order valence-corrected chi connectivity index (χ3v) is 7.06. The first-order valence-corrected chi connectivity index (χ1v) is 13.3. The number of aliphatic carboxylic acids is 2. The highest BCUT2D eigenvalue weighted by atomic mass is 16.7. The number of aliphatic hydroxyl groups is 5. The summed E-state index contributed by atoms with van der Waals surface area (Å²) in [7, 11) is 0. The van der Waals surface area contributed by atoms with Crippen molar-refractivity contribution in [1.82, 2.24) is 0 Å². The minimum atomic E-state index is -1.87. The second-order valence-corrected chi connectivity index (χ2v) is 11.4. The first-order chi connectivity index (χ1) is 18.9. The average Bonchev–Trinajstić information content (AvgIpc) is 3.00. The predicted octanol–water partition coefficient (Wildman–Crippen LogP) is -0.509. The Morgan fingerprint density at radius 3 is 2.39 bits per heavy atom. The molecule has 41 heavy (non-hydrogen) atoms. The number of aliphatic hydroxyl groups excluding tert-OH is 4. The number of carboxylic acids is 2. The van der Waals surface area contributed by atoms with Gasteiger partial charge in [0.05, 0.1) is 36.8 Å². The Bertz CT molecular complexity index is 977. The molecule has 14 heteroatoms. The van der Waals surface area contributed by atoms with E-state index in [4.69, 9.17) is 29.2 Å². The van der Waals surface area contributed by atoms with Crippen molar-refractivity contribution in [2.75, 3.05) is 13.2 Å². The molecule has 2 fully saturated rings. The van der Waals surface area contributed by atoms with Crippen molar-refractivity contribution in [3.05, 3.63) is 23.8 Å². The highest BCUT2D eigenvalue weighted by Crippen LogP contribution is 2.34. The van der Waals surface area contributed by atoms with E-state index in [9.17, 15) is 39.9 Å². The van der Waals surface area contributed by atoms with Crippen molar-refractivity contribution < 1.29 is 69.1 Å². The van der Waals surface area contributed by atoms with Gasteiger partial charge in [-0.3, -0.25) is 9.59 Å². The Morgan fingerprint density at radius 2 is 1.78 bits per heavy atom. The zero-order valence-electron chi connectivity index (χ0n) is 23.6. The molecule has 2 saturated heterocycles. The number of carbonyl (C=O) groups is 3. The largest absolute Gasteiger partial charge is 0.481 e. The highest BCUT2D eigenvalue weighted by Gasteiger charge is 2.47. The van der Waals surface area contributed by atoms with Gasteiger partial charge in [-0.15, -0.1) is 0 Å². The molecule has 14 nitrogen and oxygen atoms in total. The lowest BCUT2D eigenvalue weighted by Crippen LogP contribution is -2.60. The summed E-state index contributed by atoms with van der Waals surface area (Å²) >= 11 is 0. The first-order valence-electron chi connectivity index (χ1n) is 13.3. The van der Waals surface area contributed by atoms with Gasteiger partial charge in [0.1, 0.15) is 37.1 Å². The van der Waals surface area contributed by atoms with E-state index in [1.54, 1.807) is 6.92 Å². The van der Waals surface area contributed by atoms with E-state index in [0.717, 1.165) is 6.92 Å². The molecule has 10 unspecified atom stereocenters. The monoisotopic (exact) mass is 590 g/mol. The summed E-state index contributed by atoms with van der Waals surface area (Å²) in [5, 5.41) is 70.1. The number of esters is 1. The van der Waals surface area contributed by atoms with Crippen molar-refractivity contribution in [2.45, 2.75) is 107 Å². The van der Waals surface area contributed by atoms with Gasteiger partial charge in [-0.25, -0.2) is 4.79 Å². The molecule has 0 spiro atoms. The summed E-state index contributed by atoms with van der Waals surface area (Å²) in [5.41, 5.74) is -2.96. The van der Waals surface area contributed by atoms with E-state index in [1.165, 1.54) is 25.2 Å². The molecule has 0 bridgehead atoms. The third-order valence-electron chi connectivity index (χ3n) is 7.06. The van der Waals surface area contributed by atoms with Crippen molar-refractivity contribution in [3.63, 3.8) is 0 Å². The van der Waals surface area contributed by atoms with E-state index in [-0.39, 0.29) is 24.5 Å². The van der Waals surface area contributed by atoms with Crippen LogP contribution >= 0.6 is 0 Å². The second kappa shape index (κ2) is 14.6. The Hall–Kier alpha value is -2.43. The normalized spacial score (nSPS) is 35.3. The van der Waals surface area contributed by atoms with E-state index in [1.807, 2.05) is 6.92 Å². The lowest BCUT2D eigenvalue weighted by atomic mass is 9.89. The maximum Gasteiger partial charge on any atom is 0.331 e. The quantitative estimate of drug-likeness (QED) is 0.0863. The molecule has 0 radical (unpaired) electrons. The fraction of sp³-hybridized carbons (Fsp3) is 0.741. The molecule has 2 rings (SSSR count). The van der Waals surface area contributed by atoms with Crippen molar-refractivity contribution in [2.24, 2.45) is 5.92 Å². The van der Waals surface area contributed by atoms with Gasteiger partial charge in [0.2, 0.25) is 0 Å². The van der Waals surface area contributed by atoms with Crippen LogP contribution in [-0.2, 0) is 33.3 Å². The molecule has 0 aromatic rings. The van der Waals surface area contributed by atoms with Crippen LogP contribution in [0.5, 0.6) is 0 Å². The van der Waals surface area contributed by atoms with Gasteiger partial charge in [-0.2, -0.15) is 0 Å². The fourth-order valence-corrected chi connectivity index (χ4v) is 4.62. The number of rotatable bonds is 12. The zero-order valence-corrected chi connectivity index (χ0v) is 23.6. The number of hydrogen-bond acceptors (Lipinski definition) is 12. The Balaban J connectivity index is 2.09. The standard InChI is InChI=1S/C27H42O14/c1-14-8-16(9-27(4,39-12-14)18(28)7-5-6-15(2)24(35)36)40-25-23(34)22(33)21(32)17(41-25)13-38-20(31)11-26(3,37)10-19(29)30/h5-7,14,16-18,21-23,25,28,32-34,37H,8-13H2,1-4H3,(H,29,30)(H,35,36). The van der Waals surface area contributed by atoms with E-state index >= 15 is 0 Å². The molecular weight excluding hydrogens is 548 g/mol. The first kappa shape index (κ1) is 34.8. The number of carboxylic acid groups (broad SMARTS) is 2. The summed E-state index contributed by atoms with van der Waals surface area (Å²) in [6, 6.07) is 0. The van der Waals surface area contributed by atoms with Crippen LogP contribution in [0.25, 0.3) is 0 Å². The molecular formula is C27H42O14. The Morgan fingerprint density at radius 1 is 1.12 bits per heavy atom. The summed E-state index contributed by atoms with van der Waals surface area (Å²) in [4.78, 5) is 34.0. The van der Waals surface area contributed by atoms with E-state index in [0.29, 0.717) is 6.42 Å². The molecule has 0 aromatic heterocycles. The minimum absolute atomic E-state index is 0.0428. The predicted molar refractivity (Wildman–Crippen MR) is 139 cm³/mol. The maximum absolute atomic E-state index is 12.2. The molecule has 2 aliphatic rings. The van der Waals surface area contributed by atoms with Crippen LogP contribution in [0.15, 0.2) is 23.8 Å². The minimum Gasteiger partial charge on any atom is -0.481 e. The van der Waals surface area contributed by atoms with Gasteiger partial charge >= 0.3 is 17.9 Å². The van der Waals surface area contributed by atoms with Crippen LogP contribution in [0.4, 0.5) is 0 Å². The second-order valence-electron chi connectivity index (χ2n) is 11.4. The Labute approximate surface area is 237 Å². The number of ether oxygens (including phenoxy) is 4. The third kappa shape index (κ3) is 10.4. The van der Waals surface area contributed by atoms with E-state index < -0.39 is 91.5 Å². The number of allylic oxidation sites excluding steroid dienone is 2. The average molecular weight is 591 g/mol. The van der Waals surface area contributed by atoms with Gasteiger partial charge in [0.25, 0.3) is 0 Å². The van der Waals surface area contributed by atoms with Crippen LogP contribution in [0.3, 0.4) is 0 Å². The van der Waals surface area contributed by atoms with Crippen molar-refractivity contribution in [1.29, 1.82) is 0 Å². The molecule has 2 heterocycles. The van der Waals surface area contributed by atoms with Crippen LogP contribution in [0.1, 0.15) is 53.4 Å². The maximum atomic E-state index is 12.2. The van der Waals surface area contributed by atoms with Crippen molar-refractivity contribution in [3.8, 4) is 0 Å². The van der Waals surface area contributed by atoms with Crippen molar-refractivity contribution >= 4 is 17.9 Å². The summed E-state index contributed by atoms with van der Waals surface area (Å²) in [5.74, 6) is -3.42. The summed E-state index contributed by atoms with van der Waals surface area (Å²) < 4.78 is 22.7. The topological polar surface area (TPSA) is 230 Å². The fourth-order valence-electron chi connectivity index (χ4n) is 4.62. The molecule has 2 aliphatic heterocycles. The van der Waals surface area contributed by atoms with Crippen LogP contribution in [-0.4, -0.2) is 121 Å². The SMILES string of the molecule is CC(=CC=CC(O)C1(C)CC(OC2OC(COC(=O)CC(C)(O)CC(=O)O)C(O)C(O)C2O)CC(C)CO1)C(=O)O. The summed E-state index contributed by atoms with van der Waals surface area (Å²) in [6.45, 7) is 5.80. The lowest BCUT2D eigenvalue weighted by molar-refractivity contribution is -0.314. The lowest BCUT2D eigenvalue weighted by Gasteiger charge is -2.42. The van der Waals surface area contributed by atoms with Gasteiger partial charge < -0.3 is 54.7 Å². The van der Waals surface area contributed by atoms with Gasteiger partial charge in [-0.1, -0.05) is 25.2 Å². The molecule has 7 N–H and O–H groups in total. The number of hydrogen-bond donors (Lipinski definition) is 7. The number of carbonyl (C=O) groups excluding carboxylic acids is 1. The molecule has 0 amide bonds. The highest BCUT2D eigenvalue weighted by molar-refractivity contribution is 5.86.